The molecule has 2 heterocycles. The monoisotopic (exact) mass is 288 g/mol. The number of amides is 2. The number of imide groups is 1. The number of rotatable bonds is 4. The van der Waals surface area contributed by atoms with Crippen LogP contribution in [0.25, 0.3) is 0 Å². The molecule has 1 saturated carbocycles. The number of hydrogen-bond acceptors (Lipinski definition) is 3. The van der Waals surface area contributed by atoms with Gasteiger partial charge in [-0.05, 0) is 5.92 Å². The minimum atomic E-state index is -0.393. The van der Waals surface area contributed by atoms with E-state index in [0.29, 0.717) is 12.5 Å². The summed E-state index contributed by atoms with van der Waals surface area (Å²) in [5.41, 5.74) is -0.259. The number of quaternary nitrogens is 1. The Kier molecular flexibility index (Phi) is 3.69. The summed E-state index contributed by atoms with van der Waals surface area (Å²) in [6, 6.07) is 0.0749. The van der Waals surface area contributed by atoms with E-state index in [9.17, 15) is 9.59 Å². The molecule has 1 aliphatic carbocycles. The second-order valence-electron chi connectivity index (χ2n) is 6.24. The van der Waals surface area contributed by atoms with Crippen LogP contribution in [0.15, 0.2) is 0 Å². The number of alkyl halides is 1. The molecule has 3 fully saturated rings. The highest BCUT2D eigenvalue weighted by atomic mass is 35.5. The van der Waals surface area contributed by atoms with Gasteiger partial charge in [-0.25, -0.2) is 4.79 Å². The lowest BCUT2D eigenvalue weighted by Gasteiger charge is -2.74. The lowest BCUT2D eigenvalue weighted by atomic mass is 9.48. The molecule has 0 N–H and O–H groups in total. The van der Waals surface area contributed by atoms with Gasteiger partial charge in [0.2, 0.25) is 0 Å². The van der Waals surface area contributed by atoms with Gasteiger partial charge in [0.15, 0.2) is 0 Å². The molecule has 108 valence electrons. The van der Waals surface area contributed by atoms with Crippen molar-refractivity contribution in [2.45, 2.75) is 52.1 Å². The lowest BCUT2D eigenvalue weighted by Crippen LogP contribution is -2.97. The Morgan fingerprint density at radius 1 is 1.47 bits per heavy atom. The first-order chi connectivity index (χ1) is 8.88. The number of ether oxygens (including phenoxy) is 1. The Hall–Kier alpha value is -0.610. The molecule has 0 radical (unpaired) electrons. The lowest BCUT2D eigenvalue weighted by molar-refractivity contribution is -0.983. The van der Waals surface area contributed by atoms with Gasteiger partial charge in [-0.2, -0.15) is 9.28 Å². The highest BCUT2D eigenvalue weighted by molar-refractivity contribution is 6.27. The van der Waals surface area contributed by atoms with E-state index in [2.05, 4.69) is 6.92 Å². The van der Waals surface area contributed by atoms with Gasteiger partial charge in [0, 0.05) is 6.42 Å². The minimum Gasteiger partial charge on any atom is -0.419 e. The summed E-state index contributed by atoms with van der Waals surface area (Å²) in [7, 11) is 0. The van der Waals surface area contributed by atoms with E-state index in [0.717, 1.165) is 12.8 Å². The van der Waals surface area contributed by atoms with E-state index < -0.39 is 6.09 Å². The second kappa shape index (κ2) is 4.74. The summed E-state index contributed by atoms with van der Waals surface area (Å²) in [5, 5.41) is 0. The van der Waals surface area contributed by atoms with Gasteiger partial charge in [-0.1, -0.05) is 27.7 Å². The molecule has 5 heteroatoms. The van der Waals surface area contributed by atoms with E-state index in [4.69, 9.17) is 16.3 Å². The Morgan fingerprint density at radius 3 is 2.47 bits per heavy atom. The molecular weight excluding hydrogens is 266 g/mol. The van der Waals surface area contributed by atoms with E-state index in [1.165, 1.54) is 0 Å². The first kappa shape index (κ1) is 14.8. The molecule has 4 unspecified atom stereocenters. The van der Waals surface area contributed by atoms with Gasteiger partial charge < -0.3 is 4.74 Å². The molecule has 2 saturated heterocycles. The maximum Gasteiger partial charge on any atom is 0.524 e. The van der Waals surface area contributed by atoms with Crippen LogP contribution in [-0.4, -0.2) is 40.6 Å². The van der Waals surface area contributed by atoms with Crippen LogP contribution in [0, 0.1) is 11.8 Å². The van der Waals surface area contributed by atoms with Gasteiger partial charge in [0.05, 0.1) is 18.9 Å². The summed E-state index contributed by atoms with van der Waals surface area (Å²) >= 11 is 5.74. The zero-order chi connectivity index (χ0) is 14.4. The molecule has 0 aromatic carbocycles. The quantitative estimate of drug-likeness (QED) is 0.590. The largest absolute Gasteiger partial charge is 0.524 e. The van der Waals surface area contributed by atoms with Crippen molar-refractivity contribution in [2.24, 2.45) is 11.8 Å². The Balaban J connectivity index is 2.24. The SMILES string of the molecule is CCC12CC(C1C)[N+]2(C(=O)CCl)C(=O)OCC(C)C. The first-order valence-corrected chi connectivity index (χ1v) is 7.57. The summed E-state index contributed by atoms with van der Waals surface area (Å²) in [4.78, 5) is 24.8. The van der Waals surface area contributed by atoms with Crippen LogP contribution in [0.3, 0.4) is 0 Å². The summed E-state index contributed by atoms with van der Waals surface area (Å²) in [5.74, 6) is 0.340. The van der Waals surface area contributed by atoms with Crippen molar-refractivity contribution in [3.05, 3.63) is 0 Å². The molecule has 0 aromatic heterocycles. The van der Waals surface area contributed by atoms with E-state index in [1.54, 1.807) is 0 Å². The van der Waals surface area contributed by atoms with Gasteiger partial charge in [-0.15, -0.1) is 11.6 Å². The van der Waals surface area contributed by atoms with Crippen molar-refractivity contribution in [1.29, 1.82) is 0 Å². The standard InChI is InChI=1S/C14H23ClNO3/c1-5-14-6-11(10(14)4)16(14,12(17)7-15)13(18)19-8-9(2)3/h9-11H,5-8H2,1-4H3/q+1. The maximum absolute atomic E-state index is 12.5. The predicted molar refractivity (Wildman–Crippen MR) is 72.8 cm³/mol. The fourth-order valence-electron chi connectivity index (χ4n) is 4.00. The predicted octanol–water partition coefficient (Wildman–Crippen LogP) is 2.93. The number of halogens is 1. The van der Waals surface area contributed by atoms with E-state index in [-0.39, 0.29) is 33.8 Å². The second-order valence-corrected chi connectivity index (χ2v) is 6.51. The van der Waals surface area contributed by atoms with Crippen molar-refractivity contribution in [1.82, 2.24) is 0 Å². The third-order valence-corrected chi connectivity index (χ3v) is 5.36. The van der Waals surface area contributed by atoms with Crippen LogP contribution in [0.4, 0.5) is 4.79 Å². The van der Waals surface area contributed by atoms with Crippen LogP contribution in [-0.2, 0) is 9.53 Å². The third kappa shape index (κ3) is 1.56. The van der Waals surface area contributed by atoms with Crippen molar-refractivity contribution in [3.8, 4) is 0 Å². The van der Waals surface area contributed by atoms with Gasteiger partial charge >= 0.3 is 12.0 Å². The number of carbonyl (C=O) groups excluding carboxylic acids is 2. The summed E-state index contributed by atoms with van der Waals surface area (Å²) in [6.07, 6.45) is 1.35. The summed E-state index contributed by atoms with van der Waals surface area (Å²) in [6.45, 7) is 8.48. The fourth-order valence-corrected chi connectivity index (χ4v) is 4.19. The number of hydrogen-bond donors (Lipinski definition) is 0. The van der Waals surface area contributed by atoms with E-state index in [1.807, 2.05) is 20.8 Å². The van der Waals surface area contributed by atoms with Crippen LogP contribution in [0.5, 0.6) is 0 Å². The highest BCUT2D eigenvalue weighted by Gasteiger charge is 2.88. The smallest absolute Gasteiger partial charge is 0.419 e. The van der Waals surface area contributed by atoms with Crippen LogP contribution < -0.4 is 0 Å². The van der Waals surface area contributed by atoms with Crippen molar-refractivity contribution < 1.29 is 18.8 Å². The summed E-state index contributed by atoms with van der Waals surface area (Å²) < 4.78 is 5.21. The molecule has 0 aromatic rings. The van der Waals surface area contributed by atoms with Crippen LogP contribution in [0.2, 0.25) is 0 Å². The van der Waals surface area contributed by atoms with Gasteiger partial charge in [0.1, 0.15) is 17.5 Å². The average molecular weight is 289 g/mol. The van der Waals surface area contributed by atoms with Crippen molar-refractivity contribution in [2.75, 3.05) is 12.5 Å². The molecule has 0 spiro atoms. The Bertz CT molecular complexity index is 407. The minimum absolute atomic E-state index is 0.0749. The molecule has 2 bridgehead atoms. The molecule has 3 rings (SSSR count). The molecular formula is C14H23ClNO3+. The highest BCUT2D eigenvalue weighted by Crippen LogP contribution is 2.67. The normalized spacial score (nSPS) is 39.5. The number of nitrogens with zero attached hydrogens (tertiary/aromatic N) is 1. The zero-order valence-corrected chi connectivity index (χ0v) is 12.9. The molecule has 4 atom stereocenters. The van der Waals surface area contributed by atoms with Crippen LogP contribution >= 0.6 is 11.6 Å². The third-order valence-electron chi connectivity index (χ3n) is 5.14. The number of carbonyl (C=O) groups is 2. The molecule has 19 heavy (non-hydrogen) atoms. The van der Waals surface area contributed by atoms with E-state index >= 15 is 0 Å². The topological polar surface area (TPSA) is 43.4 Å². The average Bonchev–Trinajstić information content (AvgIpc) is 2.35. The Labute approximate surface area is 119 Å². The maximum atomic E-state index is 12.5. The van der Waals surface area contributed by atoms with Gasteiger partial charge in [-0.3, -0.25) is 0 Å². The Morgan fingerprint density at radius 2 is 2.11 bits per heavy atom. The molecule has 2 aliphatic heterocycles. The molecule has 4 nitrogen and oxygen atoms in total. The van der Waals surface area contributed by atoms with Crippen molar-refractivity contribution in [3.63, 3.8) is 0 Å². The van der Waals surface area contributed by atoms with Crippen LogP contribution in [0.1, 0.15) is 40.5 Å². The van der Waals surface area contributed by atoms with Gasteiger partial charge in [0.25, 0.3) is 0 Å². The molecule has 2 amide bonds. The zero-order valence-electron chi connectivity index (χ0n) is 12.1. The van der Waals surface area contributed by atoms with Crippen molar-refractivity contribution >= 4 is 23.6 Å². The molecule has 3 aliphatic rings. The fraction of sp³-hybridized carbons (Fsp3) is 0.857. The first-order valence-electron chi connectivity index (χ1n) is 7.04.